The molecule has 9 heteroatoms. The molecule has 0 aliphatic heterocycles. The summed E-state index contributed by atoms with van der Waals surface area (Å²) in [6.07, 6.45) is 0. The van der Waals surface area contributed by atoms with E-state index in [0.29, 0.717) is 11.1 Å². The molecule has 1 aromatic heterocycles. The van der Waals surface area contributed by atoms with E-state index in [1.54, 1.807) is 0 Å². The van der Waals surface area contributed by atoms with E-state index in [9.17, 15) is 12.8 Å². The number of hydrogen-bond acceptors (Lipinski definition) is 5. The Hall–Kier alpha value is -2.03. The number of anilines is 1. The molecule has 0 aliphatic carbocycles. The third-order valence-electron chi connectivity index (χ3n) is 2.43. The van der Waals surface area contributed by atoms with Crippen LogP contribution in [0, 0.1) is 19.7 Å². The lowest BCUT2D eigenvalue weighted by Gasteiger charge is -2.10. The Bertz CT molecular complexity index is 702. The van der Waals surface area contributed by atoms with E-state index in [4.69, 9.17) is 0 Å². The van der Waals surface area contributed by atoms with E-state index in [2.05, 4.69) is 20.1 Å². The Morgan fingerprint density at radius 1 is 1.26 bits per heavy atom. The summed E-state index contributed by atoms with van der Waals surface area (Å²) in [5.41, 5.74) is 0.628. The fraction of sp³-hybridized carbons (Fsp3) is 0.300. The number of benzene rings is 1. The minimum absolute atomic E-state index is 0.0151. The Balaban J connectivity index is 2.45. The van der Waals surface area contributed by atoms with E-state index >= 15 is 0 Å². The predicted octanol–water partition coefficient (Wildman–Crippen LogP) is 0.767. The molecule has 7 nitrogen and oxygen atoms in total. The fourth-order valence-corrected chi connectivity index (χ4v) is 3.21. The minimum Gasteiger partial charge on any atom is -0.245 e. The molecular weight excluding hydrogens is 273 g/mol. The Morgan fingerprint density at radius 3 is 2.32 bits per heavy atom. The van der Waals surface area contributed by atoms with Gasteiger partial charge in [-0.2, -0.15) is 4.80 Å². The lowest BCUT2D eigenvalue weighted by molar-refractivity contribution is 0.597. The maximum atomic E-state index is 13.2. The third kappa shape index (κ3) is 2.70. The van der Waals surface area contributed by atoms with Crippen LogP contribution >= 0.6 is 0 Å². The Morgan fingerprint density at radius 2 is 1.84 bits per heavy atom. The van der Waals surface area contributed by atoms with Gasteiger partial charge in [-0.15, -0.1) is 5.10 Å². The summed E-state index contributed by atoms with van der Waals surface area (Å²) >= 11 is 0. The summed E-state index contributed by atoms with van der Waals surface area (Å²) in [6, 6.07) is 2.32. The predicted molar refractivity (Wildman–Crippen MR) is 65.5 cm³/mol. The molecule has 0 bridgehead atoms. The van der Waals surface area contributed by atoms with E-state index in [1.807, 2.05) is 0 Å². The second-order valence-electron chi connectivity index (χ2n) is 4.08. The topological polar surface area (TPSA) is 89.8 Å². The number of halogens is 1. The van der Waals surface area contributed by atoms with Crippen molar-refractivity contribution in [2.24, 2.45) is 7.05 Å². The molecule has 0 fully saturated rings. The van der Waals surface area contributed by atoms with Crippen molar-refractivity contribution in [1.29, 1.82) is 0 Å². The number of rotatable bonds is 3. The van der Waals surface area contributed by atoms with Gasteiger partial charge in [-0.1, -0.05) is 5.10 Å². The lowest BCUT2D eigenvalue weighted by Crippen LogP contribution is -2.17. The highest BCUT2D eigenvalue weighted by Crippen LogP contribution is 2.22. The molecule has 0 amide bonds. The number of aryl methyl sites for hydroxylation is 3. The van der Waals surface area contributed by atoms with Gasteiger partial charge in [0.25, 0.3) is 16.0 Å². The van der Waals surface area contributed by atoms with Gasteiger partial charge in [-0.25, -0.2) is 17.5 Å². The first kappa shape index (κ1) is 13.4. The molecule has 0 saturated carbocycles. The van der Waals surface area contributed by atoms with Crippen LogP contribution in [0.15, 0.2) is 17.0 Å². The fourth-order valence-electron chi connectivity index (χ4n) is 1.82. The first-order valence-corrected chi connectivity index (χ1v) is 6.81. The average Bonchev–Trinajstić information content (AvgIpc) is 2.60. The molecule has 2 rings (SSSR count). The van der Waals surface area contributed by atoms with Gasteiger partial charge in [-0.3, -0.25) is 0 Å². The standard InChI is InChI=1S/C10H12FN5O2S/c1-6-4-8(11)5-7(2)9(6)19(17,18)14-10-12-15-16(3)13-10/h4-5H,1-3H3,(H,13,14). The van der Waals surface area contributed by atoms with Crippen LogP contribution in [0.4, 0.5) is 10.3 Å². The zero-order valence-electron chi connectivity index (χ0n) is 10.5. The van der Waals surface area contributed by atoms with Crippen LogP contribution in [0.25, 0.3) is 0 Å². The molecule has 0 unspecified atom stereocenters. The molecule has 1 aromatic carbocycles. The van der Waals surface area contributed by atoms with Gasteiger partial charge in [0, 0.05) is 0 Å². The normalized spacial score (nSPS) is 11.6. The number of aromatic nitrogens is 4. The summed E-state index contributed by atoms with van der Waals surface area (Å²) < 4.78 is 39.8. The van der Waals surface area contributed by atoms with E-state index in [1.165, 1.54) is 20.9 Å². The minimum atomic E-state index is -3.87. The van der Waals surface area contributed by atoms with Gasteiger partial charge >= 0.3 is 0 Å². The highest BCUT2D eigenvalue weighted by atomic mass is 32.2. The summed E-state index contributed by atoms with van der Waals surface area (Å²) in [4.78, 5) is 1.14. The van der Waals surface area contributed by atoms with Crippen molar-refractivity contribution in [3.05, 3.63) is 29.1 Å². The molecule has 2 aromatic rings. The number of sulfonamides is 1. The van der Waals surface area contributed by atoms with Crippen molar-refractivity contribution < 1.29 is 12.8 Å². The summed E-state index contributed by atoms with van der Waals surface area (Å²) in [6.45, 7) is 3.05. The maximum Gasteiger partial charge on any atom is 0.277 e. The quantitative estimate of drug-likeness (QED) is 0.899. The van der Waals surface area contributed by atoms with Crippen LogP contribution in [0.3, 0.4) is 0 Å². The number of tetrazole rings is 1. The van der Waals surface area contributed by atoms with E-state index < -0.39 is 15.8 Å². The highest BCUT2D eigenvalue weighted by molar-refractivity contribution is 7.92. The summed E-state index contributed by atoms with van der Waals surface area (Å²) in [5.74, 6) is -0.614. The largest absolute Gasteiger partial charge is 0.277 e. The number of hydrogen-bond donors (Lipinski definition) is 1. The smallest absolute Gasteiger partial charge is 0.245 e. The molecule has 0 spiro atoms. The molecule has 0 aliphatic rings. The Kier molecular flexibility index (Phi) is 3.23. The second-order valence-corrected chi connectivity index (χ2v) is 5.70. The first-order valence-electron chi connectivity index (χ1n) is 5.33. The maximum absolute atomic E-state index is 13.2. The van der Waals surface area contributed by atoms with Crippen LogP contribution in [-0.2, 0) is 17.1 Å². The van der Waals surface area contributed by atoms with Crippen molar-refractivity contribution in [3.8, 4) is 0 Å². The van der Waals surface area contributed by atoms with Crippen LogP contribution in [0.2, 0.25) is 0 Å². The number of nitrogens with zero attached hydrogens (tertiary/aromatic N) is 4. The summed E-state index contributed by atoms with van der Waals surface area (Å²) in [7, 11) is -2.36. The third-order valence-corrected chi connectivity index (χ3v) is 4.06. The zero-order valence-corrected chi connectivity index (χ0v) is 11.4. The van der Waals surface area contributed by atoms with Crippen molar-refractivity contribution in [1.82, 2.24) is 20.2 Å². The monoisotopic (exact) mass is 285 g/mol. The molecule has 1 heterocycles. The molecule has 0 radical (unpaired) electrons. The highest BCUT2D eigenvalue weighted by Gasteiger charge is 2.22. The van der Waals surface area contributed by atoms with Crippen molar-refractivity contribution in [3.63, 3.8) is 0 Å². The van der Waals surface area contributed by atoms with Gasteiger partial charge in [-0.05, 0) is 42.3 Å². The van der Waals surface area contributed by atoms with E-state index in [0.717, 1.165) is 16.9 Å². The average molecular weight is 285 g/mol. The van der Waals surface area contributed by atoms with Gasteiger partial charge in [0.05, 0.1) is 11.9 Å². The van der Waals surface area contributed by atoms with Gasteiger partial charge in [0.15, 0.2) is 0 Å². The van der Waals surface area contributed by atoms with Crippen LogP contribution in [-0.4, -0.2) is 28.6 Å². The Labute approximate surface area is 109 Å². The summed E-state index contributed by atoms with van der Waals surface area (Å²) in [5, 5.41) is 10.8. The first-order chi connectivity index (χ1) is 8.79. The molecule has 102 valence electrons. The molecule has 0 atom stereocenters. The molecule has 1 N–H and O–H groups in total. The molecule has 0 saturated heterocycles. The molecular formula is C10H12FN5O2S. The van der Waals surface area contributed by atoms with Gasteiger partial charge in [0.2, 0.25) is 0 Å². The SMILES string of the molecule is Cc1cc(F)cc(C)c1S(=O)(=O)Nc1nnn(C)n1. The molecule has 19 heavy (non-hydrogen) atoms. The lowest BCUT2D eigenvalue weighted by atomic mass is 10.1. The van der Waals surface area contributed by atoms with Crippen molar-refractivity contribution in [2.75, 3.05) is 4.72 Å². The van der Waals surface area contributed by atoms with Crippen molar-refractivity contribution in [2.45, 2.75) is 18.7 Å². The van der Waals surface area contributed by atoms with Crippen LogP contribution in [0.1, 0.15) is 11.1 Å². The van der Waals surface area contributed by atoms with E-state index in [-0.39, 0.29) is 10.8 Å². The number of nitrogens with one attached hydrogen (secondary N) is 1. The van der Waals surface area contributed by atoms with Gasteiger partial charge in [0.1, 0.15) is 5.82 Å². The van der Waals surface area contributed by atoms with Gasteiger partial charge < -0.3 is 0 Å². The second kappa shape index (κ2) is 4.57. The van der Waals surface area contributed by atoms with Crippen molar-refractivity contribution >= 4 is 16.0 Å². The zero-order chi connectivity index (χ0) is 14.2. The van der Waals surface area contributed by atoms with Crippen LogP contribution < -0.4 is 4.72 Å². The van der Waals surface area contributed by atoms with Crippen LogP contribution in [0.5, 0.6) is 0 Å².